The van der Waals surface area contributed by atoms with Gasteiger partial charge in [0.1, 0.15) is 0 Å². The Kier molecular flexibility index (Phi) is 5.62. The highest BCUT2D eigenvalue weighted by Gasteiger charge is 2.27. The molecule has 1 aliphatic rings. The zero-order chi connectivity index (χ0) is 12.2. The molecule has 2 nitrogen and oxygen atoms in total. The van der Waals surface area contributed by atoms with Gasteiger partial charge in [0.2, 0.25) is 0 Å². The van der Waals surface area contributed by atoms with Crippen LogP contribution in [0.4, 0.5) is 0 Å². The van der Waals surface area contributed by atoms with E-state index < -0.39 is 0 Å². The van der Waals surface area contributed by atoms with Gasteiger partial charge < -0.3 is 10.4 Å². The number of rotatable bonds is 5. The van der Waals surface area contributed by atoms with Gasteiger partial charge in [0, 0.05) is 29.2 Å². The highest BCUT2D eigenvalue weighted by atomic mass is 32.2. The average Bonchev–Trinajstić information content (AvgIpc) is 2.61. The van der Waals surface area contributed by atoms with Crippen LogP contribution in [0.25, 0.3) is 0 Å². The first kappa shape index (κ1) is 14.3. The van der Waals surface area contributed by atoms with Crippen molar-refractivity contribution in [3.63, 3.8) is 0 Å². The Morgan fingerprint density at radius 2 is 2.06 bits per heavy atom. The van der Waals surface area contributed by atoms with Gasteiger partial charge >= 0.3 is 0 Å². The summed E-state index contributed by atoms with van der Waals surface area (Å²) in [6, 6.07) is 1.09. The van der Waals surface area contributed by atoms with Gasteiger partial charge in [-0.15, -0.1) is 0 Å². The van der Waals surface area contributed by atoms with E-state index in [0.29, 0.717) is 29.4 Å². The average molecular weight is 245 g/mol. The van der Waals surface area contributed by atoms with Gasteiger partial charge in [-0.25, -0.2) is 0 Å². The zero-order valence-corrected chi connectivity index (χ0v) is 11.9. The van der Waals surface area contributed by atoms with Gasteiger partial charge in [0.15, 0.2) is 0 Å². The van der Waals surface area contributed by atoms with Crippen LogP contribution in [0.5, 0.6) is 0 Å². The van der Waals surface area contributed by atoms with Crippen LogP contribution in [0.3, 0.4) is 0 Å². The van der Waals surface area contributed by atoms with Gasteiger partial charge in [-0.05, 0) is 25.7 Å². The standard InChI is InChI=1S/C13H27NOS/c1-10(9-16-13(2,3)4)14-12-7-5-6-11(12)8-15/h10-12,14-15H,5-9H2,1-4H3. The number of aliphatic hydroxyl groups is 1. The predicted octanol–water partition coefficient (Wildman–Crippen LogP) is 2.66. The number of aliphatic hydroxyl groups excluding tert-OH is 1. The molecule has 0 aromatic rings. The Balaban J connectivity index is 2.25. The van der Waals surface area contributed by atoms with E-state index in [2.05, 4.69) is 33.0 Å². The molecule has 96 valence electrons. The van der Waals surface area contributed by atoms with Crippen LogP contribution < -0.4 is 5.32 Å². The molecule has 0 aromatic carbocycles. The Morgan fingerprint density at radius 1 is 1.38 bits per heavy atom. The smallest absolute Gasteiger partial charge is 0.0474 e. The minimum absolute atomic E-state index is 0.344. The Hall–Kier alpha value is 0.270. The summed E-state index contributed by atoms with van der Waals surface area (Å²) in [6.07, 6.45) is 3.69. The summed E-state index contributed by atoms with van der Waals surface area (Å²) in [4.78, 5) is 0. The third-order valence-electron chi connectivity index (χ3n) is 3.16. The van der Waals surface area contributed by atoms with Gasteiger partial charge in [-0.1, -0.05) is 27.2 Å². The topological polar surface area (TPSA) is 32.3 Å². The van der Waals surface area contributed by atoms with E-state index >= 15 is 0 Å². The Bertz CT molecular complexity index is 203. The molecule has 1 rings (SSSR count). The summed E-state index contributed by atoms with van der Waals surface area (Å²) < 4.78 is 0.349. The molecule has 16 heavy (non-hydrogen) atoms. The highest BCUT2D eigenvalue weighted by molar-refractivity contribution is 8.00. The van der Waals surface area contributed by atoms with Crippen LogP contribution >= 0.6 is 11.8 Å². The molecule has 1 saturated carbocycles. The van der Waals surface area contributed by atoms with Crippen molar-refractivity contribution in [1.29, 1.82) is 0 Å². The van der Waals surface area contributed by atoms with E-state index in [-0.39, 0.29) is 0 Å². The normalized spacial score (nSPS) is 28.3. The summed E-state index contributed by atoms with van der Waals surface area (Å²) in [6.45, 7) is 9.38. The molecule has 0 saturated heterocycles. The van der Waals surface area contributed by atoms with Crippen LogP contribution in [0, 0.1) is 5.92 Å². The van der Waals surface area contributed by atoms with Crippen LogP contribution in [0.2, 0.25) is 0 Å². The van der Waals surface area contributed by atoms with E-state index in [9.17, 15) is 5.11 Å². The molecule has 0 amide bonds. The summed E-state index contributed by atoms with van der Waals surface area (Å²) in [5.41, 5.74) is 0. The molecule has 0 aromatic heterocycles. The molecule has 3 unspecified atom stereocenters. The molecule has 1 fully saturated rings. The van der Waals surface area contributed by atoms with E-state index in [1.165, 1.54) is 19.3 Å². The molecule has 0 bridgehead atoms. The molecule has 3 atom stereocenters. The molecule has 1 aliphatic carbocycles. The maximum Gasteiger partial charge on any atom is 0.0474 e. The van der Waals surface area contributed by atoms with Crippen molar-refractivity contribution in [2.45, 2.75) is 63.8 Å². The molecule has 0 aliphatic heterocycles. The number of hydrogen-bond donors (Lipinski definition) is 2. The van der Waals surface area contributed by atoms with E-state index in [1.54, 1.807) is 0 Å². The largest absolute Gasteiger partial charge is 0.396 e. The maximum atomic E-state index is 9.26. The Morgan fingerprint density at radius 3 is 2.62 bits per heavy atom. The summed E-state index contributed by atoms with van der Waals surface area (Å²) >= 11 is 2.01. The van der Waals surface area contributed by atoms with E-state index in [4.69, 9.17) is 0 Å². The van der Waals surface area contributed by atoms with Gasteiger partial charge in [-0.3, -0.25) is 0 Å². The van der Waals surface area contributed by atoms with Crippen LogP contribution in [-0.4, -0.2) is 34.3 Å². The SMILES string of the molecule is CC(CSC(C)(C)C)NC1CCCC1CO. The second kappa shape index (κ2) is 6.27. The van der Waals surface area contributed by atoms with Crippen molar-refractivity contribution in [2.75, 3.05) is 12.4 Å². The fraction of sp³-hybridized carbons (Fsp3) is 1.00. The minimum Gasteiger partial charge on any atom is -0.396 e. The molecular weight excluding hydrogens is 218 g/mol. The molecule has 0 spiro atoms. The van der Waals surface area contributed by atoms with Crippen molar-refractivity contribution in [3.05, 3.63) is 0 Å². The highest BCUT2D eigenvalue weighted by Crippen LogP contribution is 2.27. The lowest BCUT2D eigenvalue weighted by atomic mass is 10.0. The maximum absolute atomic E-state index is 9.26. The van der Waals surface area contributed by atoms with E-state index in [1.807, 2.05) is 11.8 Å². The summed E-state index contributed by atoms with van der Waals surface area (Å²) in [5.74, 6) is 1.64. The zero-order valence-electron chi connectivity index (χ0n) is 11.1. The number of nitrogens with one attached hydrogen (secondary N) is 1. The lowest BCUT2D eigenvalue weighted by Crippen LogP contribution is -2.41. The van der Waals surface area contributed by atoms with Crippen LogP contribution in [0.1, 0.15) is 47.0 Å². The number of hydrogen-bond acceptors (Lipinski definition) is 3. The lowest BCUT2D eigenvalue weighted by molar-refractivity contribution is 0.202. The summed E-state index contributed by atoms with van der Waals surface area (Å²) in [5, 5.41) is 12.9. The van der Waals surface area contributed by atoms with Gasteiger partial charge in [0.25, 0.3) is 0 Å². The van der Waals surface area contributed by atoms with Crippen molar-refractivity contribution < 1.29 is 5.11 Å². The molecular formula is C13H27NOS. The monoisotopic (exact) mass is 245 g/mol. The first-order valence-electron chi connectivity index (χ1n) is 6.43. The first-order chi connectivity index (χ1) is 7.42. The second-order valence-electron chi connectivity index (χ2n) is 5.97. The first-order valence-corrected chi connectivity index (χ1v) is 7.42. The van der Waals surface area contributed by atoms with Crippen molar-refractivity contribution in [1.82, 2.24) is 5.32 Å². The third kappa shape index (κ3) is 5.07. The second-order valence-corrected chi connectivity index (χ2v) is 7.82. The van der Waals surface area contributed by atoms with Crippen molar-refractivity contribution in [3.8, 4) is 0 Å². The van der Waals surface area contributed by atoms with Crippen LogP contribution in [-0.2, 0) is 0 Å². The predicted molar refractivity (Wildman–Crippen MR) is 73.0 cm³/mol. The van der Waals surface area contributed by atoms with Crippen molar-refractivity contribution in [2.24, 2.45) is 5.92 Å². The fourth-order valence-electron chi connectivity index (χ4n) is 2.26. The van der Waals surface area contributed by atoms with Crippen molar-refractivity contribution >= 4 is 11.8 Å². The van der Waals surface area contributed by atoms with Gasteiger partial charge in [-0.2, -0.15) is 11.8 Å². The third-order valence-corrected chi connectivity index (χ3v) is 4.69. The minimum atomic E-state index is 0.344. The molecule has 3 heteroatoms. The van der Waals surface area contributed by atoms with E-state index in [0.717, 1.165) is 5.75 Å². The lowest BCUT2D eigenvalue weighted by Gasteiger charge is -2.26. The summed E-state index contributed by atoms with van der Waals surface area (Å²) in [7, 11) is 0. The van der Waals surface area contributed by atoms with Gasteiger partial charge in [0.05, 0.1) is 0 Å². The molecule has 0 heterocycles. The quantitative estimate of drug-likeness (QED) is 0.781. The molecule has 2 N–H and O–H groups in total. The fourth-order valence-corrected chi connectivity index (χ4v) is 3.11. The molecule has 0 radical (unpaired) electrons. The Labute approximate surface area is 105 Å². The van der Waals surface area contributed by atoms with Crippen LogP contribution in [0.15, 0.2) is 0 Å². The number of thioether (sulfide) groups is 1.